The third kappa shape index (κ3) is 7.89. The Labute approximate surface area is 139 Å². The van der Waals surface area contributed by atoms with Crippen LogP contribution in [0.2, 0.25) is 0 Å². The second kappa shape index (κ2) is 8.78. The lowest BCUT2D eigenvalue weighted by molar-refractivity contribution is -0.134. The molecule has 1 unspecified atom stereocenters. The molecule has 3 heteroatoms. The van der Waals surface area contributed by atoms with E-state index in [4.69, 9.17) is 0 Å². The highest BCUT2D eigenvalue weighted by atomic mass is 16.3. The third-order valence-corrected chi connectivity index (χ3v) is 3.81. The standard InChI is InChI=1S/C20H28O3/c1-15(9-8-12-20(3,4)23)13-18(21)19(22)16(2)14-17-10-6-5-7-11-17/h5-7,10-11,14-15,23H,8-9,12-13H2,1-4H3. The predicted molar refractivity (Wildman–Crippen MR) is 94.0 cm³/mol. The number of hydrogen-bond donors (Lipinski definition) is 1. The molecule has 0 aliphatic carbocycles. The van der Waals surface area contributed by atoms with Crippen LogP contribution >= 0.6 is 0 Å². The molecule has 0 amide bonds. The van der Waals surface area contributed by atoms with Crippen molar-refractivity contribution < 1.29 is 14.7 Å². The lowest BCUT2D eigenvalue weighted by Gasteiger charge is -2.18. The molecule has 0 aliphatic heterocycles. The van der Waals surface area contributed by atoms with Crippen LogP contribution in [0.3, 0.4) is 0 Å². The van der Waals surface area contributed by atoms with Crippen molar-refractivity contribution in [2.24, 2.45) is 5.92 Å². The maximum absolute atomic E-state index is 12.2. The van der Waals surface area contributed by atoms with E-state index in [2.05, 4.69) is 0 Å². The monoisotopic (exact) mass is 316 g/mol. The molecule has 0 saturated heterocycles. The van der Waals surface area contributed by atoms with Gasteiger partial charge in [-0.2, -0.15) is 0 Å². The zero-order chi connectivity index (χ0) is 17.5. The molecule has 23 heavy (non-hydrogen) atoms. The summed E-state index contributed by atoms with van der Waals surface area (Å²) in [5, 5.41) is 9.69. The molecular formula is C20H28O3. The number of benzene rings is 1. The Hall–Kier alpha value is -1.74. The molecule has 1 atom stereocenters. The van der Waals surface area contributed by atoms with Crippen molar-refractivity contribution in [2.75, 3.05) is 0 Å². The number of Topliss-reactive ketones (excluding diaryl/α,β-unsaturated/α-hetero) is 2. The van der Waals surface area contributed by atoms with Gasteiger partial charge in [0, 0.05) is 12.0 Å². The molecule has 3 nitrogen and oxygen atoms in total. The van der Waals surface area contributed by atoms with Gasteiger partial charge in [-0.1, -0.05) is 50.1 Å². The minimum Gasteiger partial charge on any atom is -0.390 e. The van der Waals surface area contributed by atoms with Crippen LogP contribution in [0.4, 0.5) is 0 Å². The van der Waals surface area contributed by atoms with Crippen LogP contribution in [-0.4, -0.2) is 22.3 Å². The van der Waals surface area contributed by atoms with Gasteiger partial charge in [0.15, 0.2) is 0 Å². The maximum atomic E-state index is 12.2. The second-order valence-corrected chi connectivity index (χ2v) is 7.00. The lowest BCUT2D eigenvalue weighted by Crippen LogP contribution is -2.20. The topological polar surface area (TPSA) is 54.4 Å². The number of carbonyl (C=O) groups excluding carboxylic acids is 2. The van der Waals surface area contributed by atoms with Gasteiger partial charge in [0.25, 0.3) is 0 Å². The zero-order valence-electron chi connectivity index (χ0n) is 14.6. The average Bonchev–Trinajstić information content (AvgIpc) is 2.45. The molecule has 1 rings (SSSR count). The average molecular weight is 316 g/mol. The van der Waals surface area contributed by atoms with Crippen molar-refractivity contribution in [1.82, 2.24) is 0 Å². The fraction of sp³-hybridized carbons (Fsp3) is 0.500. The van der Waals surface area contributed by atoms with Crippen LogP contribution in [0.15, 0.2) is 35.9 Å². The summed E-state index contributed by atoms with van der Waals surface area (Å²) in [6.07, 6.45) is 4.41. The summed E-state index contributed by atoms with van der Waals surface area (Å²) < 4.78 is 0. The van der Waals surface area contributed by atoms with Gasteiger partial charge in [-0.05, 0) is 44.7 Å². The zero-order valence-corrected chi connectivity index (χ0v) is 14.6. The smallest absolute Gasteiger partial charge is 0.224 e. The van der Waals surface area contributed by atoms with E-state index in [1.54, 1.807) is 26.8 Å². The number of allylic oxidation sites excluding steroid dienone is 1. The first-order chi connectivity index (χ1) is 10.7. The first kappa shape index (κ1) is 19.3. The van der Waals surface area contributed by atoms with E-state index in [1.165, 1.54) is 0 Å². The van der Waals surface area contributed by atoms with E-state index in [0.717, 1.165) is 18.4 Å². The SMILES string of the molecule is CC(=Cc1ccccc1)C(=O)C(=O)CC(C)CCCC(C)(C)O. The number of aliphatic hydroxyl groups is 1. The van der Waals surface area contributed by atoms with Gasteiger partial charge in [-0.15, -0.1) is 0 Å². The Bertz CT molecular complexity index is 550. The minimum absolute atomic E-state index is 0.151. The first-order valence-corrected chi connectivity index (χ1v) is 8.22. The fourth-order valence-corrected chi connectivity index (χ4v) is 2.48. The van der Waals surface area contributed by atoms with Gasteiger partial charge >= 0.3 is 0 Å². The van der Waals surface area contributed by atoms with Gasteiger partial charge in [-0.25, -0.2) is 0 Å². The Morgan fingerprint density at radius 1 is 1.22 bits per heavy atom. The molecule has 0 heterocycles. The lowest BCUT2D eigenvalue weighted by atomic mass is 9.92. The normalized spacial score (nSPS) is 13.7. The van der Waals surface area contributed by atoms with E-state index in [-0.39, 0.29) is 18.1 Å². The van der Waals surface area contributed by atoms with Crippen molar-refractivity contribution in [2.45, 2.75) is 59.0 Å². The van der Waals surface area contributed by atoms with Crippen molar-refractivity contribution in [3.63, 3.8) is 0 Å². The number of ketones is 2. The van der Waals surface area contributed by atoms with Gasteiger partial charge in [-0.3, -0.25) is 9.59 Å². The number of hydrogen-bond acceptors (Lipinski definition) is 3. The predicted octanol–water partition coefficient (Wildman–Crippen LogP) is 4.20. The molecule has 0 aliphatic rings. The molecule has 1 aromatic rings. The van der Waals surface area contributed by atoms with Crippen LogP contribution in [0.25, 0.3) is 6.08 Å². The quantitative estimate of drug-likeness (QED) is 0.549. The highest BCUT2D eigenvalue weighted by Gasteiger charge is 2.19. The van der Waals surface area contributed by atoms with E-state index < -0.39 is 11.4 Å². The van der Waals surface area contributed by atoms with Gasteiger partial charge in [0.1, 0.15) is 0 Å². The van der Waals surface area contributed by atoms with Crippen molar-refractivity contribution in [1.29, 1.82) is 0 Å². The Kier molecular flexibility index (Phi) is 7.37. The first-order valence-electron chi connectivity index (χ1n) is 8.22. The van der Waals surface area contributed by atoms with E-state index in [1.807, 2.05) is 37.3 Å². The summed E-state index contributed by atoms with van der Waals surface area (Å²) in [7, 11) is 0. The van der Waals surface area contributed by atoms with Gasteiger partial charge in [0.05, 0.1) is 5.60 Å². The minimum atomic E-state index is -0.672. The highest BCUT2D eigenvalue weighted by molar-refractivity contribution is 6.44. The third-order valence-electron chi connectivity index (χ3n) is 3.81. The summed E-state index contributed by atoms with van der Waals surface area (Å²) in [4.78, 5) is 24.3. The summed E-state index contributed by atoms with van der Waals surface area (Å²) in [6, 6.07) is 9.52. The second-order valence-electron chi connectivity index (χ2n) is 7.00. The Morgan fingerprint density at radius 3 is 2.39 bits per heavy atom. The maximum Gasteiger partial charge on any atom is 0.224 e. The van der Waals surface area contributed by atoms with Crippen LogP contribution in [0, 0.1) is 5.92 Å². The van der Waals surface area contributed by atoms with Gasteiger partial charge in [0.2, 0.25) is 11.6 Å². The van der Waals surface area contributed by atoms with Crippen LogP contribution in [-0.2, 0) is 9.59 Å². The molecule has 0 radical (unpaired) electrons. The van der Waals surface area contributed by atoms with Crippen molar-refractivity contribution >= 4 is 17.6 Å². The molecule has 0 spiro atoms. The molecule has 0 saturated carbocycles. The van der Waals surface area contributed by atoms with Crippen LogP contribution < -0.4 is 0 Å². The Morgan fingerprint density at radius 2 is 1.83 bits per heavy atom. The van der Waals surface area contributed by atoms with Gasteiger partial charge < -0.3 is 5.11 Å². The molecule has 126 valence electrons. The van der Waals surface area contributed by atoms with Crippen molar-refractivity contribution in [3.8, 4) is 0 Å². The molecule has 0 fully saturated rings. The van der Waals surface area contributed by atoms with Crippen LogP contribution in [0.5, 0.6) is 0 Å². The molecule has 1 N–H and O–H groups in total. The van der Waals surface area contributed by atoms with Crippen LogP contribution in [0.1, 0.15) is 58.9 Å². The van der Waals surface area contributed by atoms with E-state index in [9.17, 15) is 14.7 Å². The summed E-state index contributed by atoms with van der Waals surface area (Å²) in [5.41, 5.74) is 0.725. The molecular weight excluding hydrogens is 288 g/mol. The van der Waals surface area contributed by atoms with E-state index in [0.29, 0.717) is 12.0 Å². The fourth-order valence-electron chi connectivity index (χ4n) is 2.48. The molecule has 1 aromatic carbocycles. The highest BCUT2D eigenvalue weighted by Crippen LogP contribution is 2.19. The number of carbonyl (C=O) groups is 2. The molecule has 0 bridgehead atoms. The summed E-state index contributed by atoms with van der Waals surface area (Å²) >= 11 is 0. The summed E-state index contributed by atoms with van der Waals surface area (Å²) in [6.45, 7) is 7.23. The molecule has 0 aromatic heterocycles. The number of rotatable bonds is 9. The van der Waals surface area contributed by atoms with E-state index >= 15 is 0 Å². The Balaban J connectivity index is 2.50. The largest absolute Gasteiger partial charge is 0.390 e. The summed E-state index contributed by atoms with van der Waals surface area (Å²) in [5.74, 6) is -0.577. The van der Waals surface area contributed by atoms with Crippen molar-refractivity contribution in [3.05, 3.63) is 41.5 Å².